The van der Waals surface area contributed by atoms with Gasteiger partial charge in [0.2, 0.25) is 0 Å². The topological polar surface area (TPSA) is 17.1 Å². The second-order valence-corrected chi connectivity index (χ2v) is 11.8. The summed E-state index contributed by atoms with van der Waals surface area (Å²) in [7, 11) is 0. The van der Waals surface area contributed by atoms with Gasteiger partial charge in [-0.3, -0.25) is 0 Å². The number of rotatable bonds is 6. The predicted octanol–water partition coefficient (Wildman–Crippen LogP) is 2.98. The van der Waals surface area contributed by atoms with Gasteiger partial charge >= 0.3 is 156 Å². The van der Waals surface area contributed by atoms with Crippen LogP contribution < -0.4 is 8.92 Å². The maximum absolute atomic E-state index is 13.2. The molecule has 0 aliphatic carbocycles. The molecule has 0 saturated carbocycles. The van der Waals surface area contributed by atoms with E-state index in [1.165, 1.54) is 8.92 Å². The first kappa shape index (κ1) is 17.2. The molecule has 0 aromatic heterocycles. The molecule has 3 aromatic carbocycles. The van der Waals surface area contributed by atoms with Gasteiger partial charge in [0.15, 0.2) is 0 Å². The fourth-order valence-corrected chi connectivity index (χ4v) is 8.74. The van der Waals surface area contributed by atoms with Gasteiger partial charge in [-0.1, -0.05) is 0 Å². The third-order valence-electron chi connectivity index (χ3n) is 3.60. The number of carbonyl (C=O) groups is 1. The third kappa shape index (κ3) is 4.47. The summed E-state index contributed by atoms with van der Waals surface area (Å²) in [6.45, 7) is 2.02. The van der Waals surface area contributed by atoms with E-state index in [0.29, 0.717) is 5.78 Å². The van der Waals surface area contributed by atoms with E-state index in [1.54, 1.807) is 0 Å². The third-order valence-corrected chi connectivity index (χ3v) is 9.78. The van der Waals surface area contributed by atoms with E-state index in [1.807, 2.05) is 43.3 Å². The summed E-state index contributed by atoms with van der Waals surface area (Å²) in [5, 5.41) is 0. The first-order valence-corrected chi connectivity index (χ1v) is 11.5. The molecular weight excluding hydrogens is 426 g/mol. The van der Waals surface area contributed by atoms with Crippen LogP contribution in [0.4, 0.5) is 0 Å². The van der Waals surface area contributed by atoms with Crippen molar-refractivity contribution in [3.63, 3.8) is 0 Å². The first-order valence-electron chi connectivity index (χ1n) is 7.77. The van der Waals surface area contributed by atoms with Crippen molar-refractivity contribution < 1.29 is 4.79 Å². The molecule has 0 spiro atoms. The Kier molecular flexibility index (Phi) is 6.06. The zero-order valence-electron chi connectivity index (χ0n) is 13.4. The molecule has 0 radical (unpaired) electrons. The van der Waals surface area contributed by atoms with Gasteiger partial charge in [-0.25, -0.2) is 0 Å². The standard InChI is InChI=1S/C21H18OSe2/c1-16-10-8-9-15-19(16)20(22)21(23-17-11-4-2-5-12-17)24-18-13-6-3-7-14-18/h2-15,21H,1H3. The van der Waals surface area contributed by atoms with Gasteiger partial charge in [-0.05, 0) is 0 Å². The van der Waals surface area contributed by atoms with Crippen molar-refractivity contribution in [1.29, 1.82) is 0 Å². The number of Topliss-reactive ketones (excluding diaryl/α,β-unsaturated/α-hetero) is 1. The van der Waals surface area contributed by atoms with E-state index in [2.05, 4.69) is 48.5 Å². The summed E-state index contributed by atoms with van der Waals surface area (Å²) in [5.41, 5.74) is 1.94. The average Bonchev–Trinajstić information content (AvgIpc) is 2.63. The van der Waals surface area contributed by atoms with Gasteiger partial charge in [-0.15, -0.1) is 0 Å². The van der Waals surface area contributed by atoms with Crippen LogP contribution in [-0.4, -0.2) is 35.7 Å². The Morgan fingerprint density at radius 3 is 1.67 bits per heavy atom. The molecule has 0 aliphatic rings. The number of benzene rings is 3. The molecule has 3 aromatic rings. The molecular formula is C21H18OSe2. The molecule has 0 N–H and O–H groups in total. The zero-order chi connectivity index (χ0) is 16.8. The van der Waals surface area contributed by atoms with Crippen molar-refractivity contribution in [3.05, 3.63) is 96.1 Å². The van der Waals surface area contributed by atoms with Crippen LogP contribution in [0.25, 0.3) is 0 Å². The van der Waals surface area contributed by atoms with Gasteiger partial charge in [0.1, 0.15) is 0 Å². The Labute approximate surface area is 155 Å². The monoisotopic (exact) mass is 446 g/mol. The van der Waals surface area contributed by atoms with Gasteiger partial charge < -0.3 is 0 Å². The van der Waals surface area contributed by atoms with E-state index >= 15 is 0 Å². The number of hydrogen-bond donors (Lipinski definition) is 0. The molecule has 24 heavy (non-hydrogen) atoms. The number of hydrogen-bond acceptors (Lipinski definition) is 1. The van der Waals surface area contributed by atoms with Crippen molar-refractivity contribution in [3.8, 4) is 0 Å². The predicted molar refractivity (Wildman–Crippen MR) is 103 cm³/mol. The average molecular weight is 444 g/mol. The van der Waals surface area contributed by atoms with Gasteiger partial charge in [0.05, 0.1) is 0 Å². The van der Waals surface area contributed by atoms with E-state index in [9.17, 15) is 4.79 Å². The second-order valence-electron chi connectivity index (χ2n) is 5.37. The van der Waals surface area contributed by atoms with Crippen LogP contribution in [0.15, 0.2) is 84.9 Å². The summed E-state index contributed by atoms with van der Waals surface area (Å²) in [6.07, 6.45) is 0. The van der Waals surface area contributed by atoms with Gasteiger partial charge in [0, 0.05) is 0 Å². The van der Waals surface area contributed by atoms with E-state index in [-0.39, 0.29) is 33.6 Å². The number of aryl methyl sites for hydroxylation is 1. The van der Waals surface area contributed by atoms with Crippen LogP contribution >= 0.6 is 0 Å². The van der Waals surface area contributed by atoms with Crippen molar-refractivity contribution in [2.45, 2.75) is 10.6 Å². The molecule has 0 unspecified atom stereocenters. The second kappa shape index (κ2) is 8.46. The molecule has 0 amide bonds. The summed E-state index contributed by atoms with van der Waals surface area (Å²) < 4.78 is 2.65. The van der Waals surface area contributed by atoms with E-state index < -0.39 is 0 Å². The molecule has 1 nitrogen and oxygen atoms in total. The van der Waals surface area contributed by atoms with E-state index in [4.69, 9.17) is 0 Å². The summed E-state index contributed by atoms with van der Waals surface area (Å²) in [6, 6.07) is 28.8. The molecule has 0 atom stereocenters. The normalized spacial score (nSPS) is 10.8. The van der Waals surface area contributed by atoms with Crippen LogP contribution in [0.1, 0.15) is 15.9 Å². The molecule has 120 valence electrons. The van der Waals surface area contributed by atoms with Crippen LogP contribution in [0, 0.1) is 6.92 Å². The quantitative estimate of drug-likeness (QED) is 0.422. The fourth-order valence-electron chi connectivity index (χ4n) is 2.35. The Morgan fingerprint density at radius 1 is 0.708 bits per heavy atom. The van der Waals surface area contributed by atoms with Crippen molar-refractivity contribution in [2.24, 2.45) is 0 Å². The minimum absolute atomic E-state index is 0.0795. The SMILES string of the molecule is Cc1ccccc1C(=O)C([Se]c1ccccc1)[Se]c1ccccc1. The Hall–Kier alpha value is -1.63. The molecule has 0 saturated heterocycles. The number of carbonyl (C=O) groups excluding carboxylic acids is 1. The molecule has 3 heteroatoms. The molecule has 0 heterocycles. The Bertz CT molecular complexity index is 759. The van der Waals surface area contributed by atoms with Crippen LogP contribution in [0.3, 0.4) is 0 Å². The van der Waals surface area contributed by atoms with Crippen LogP contribution in [0.5, 0.6) is 0 Å². The molecule has 0 bridgehead atoms. The summed E-state index contributed by atoms with van der Waals surface area (Å²) in [4.78, 5) is 13.2. The van der Waals surface area contributed by atoms with Crippen molar-refractivity contribution >= 4 is 44.6 Å². The maximum atomic E-state index is 13.2. The van der Waals surface area contributed by atoms with Crippen molar-refractivity contribution in [2.75, 3.05) is 0 Å². The van der Waals surface area contributed by atoms with Crippen LogP contribution in [0.2, 0.25) is 3.71 Å². The molecule has 0 aliphatic heterocycles. The number of ketones is 1. The van der Waals surface area contributed by atoms with Gasteiger partial charge in [0.25, 0.3) is 0 Å². The Morgan fingerprint density at radius 2 is 1.17 bits per heavy atom. The zero-order valence-corrected chi connectivity index (χ0v) is 16.8. The van der Waals surface area contributed by atoms with Crippen LogP contribution in [-0.2, 0) is 0 Å². The molecule has 3 rings (SSSR count). The summed E-state index contributed by atoms with van der Waals surface area (Å²) >= 11 is 0.271. The summed E-state index contributed by atoms with van der Waals surface area (Å²) in [5.74, 6) is 0.292. The fraction of sp³-hybridized carbons (Fsp3) is 0.0952. The first-order chi connectivity index (χ1) is 11.7. The minimum atomic E-state index is 0.0795. The van der Waals surface area contributed by atoms with Crippen molar-refractivity contribution in [1.82, 2.24) is 0 Å². The van der Waals surface area contributed by atoms with E-state index in [0.717, 1.165) is 11.1 Å². The molecule has 0 fully saturated rings. The van der Waals surface area contributed by atoms with Gasteiger partial charge in [-0.2, -0.15) is 0 Å². The Balaban J connectivity index is 1.89.